The lowest BCUT2D eigenvalue weighted by molar-refractivity contribution is -0.142. The standard InChI is InChI=1S/C17H29N5O2/c1-16(2,3)24-12-13-8-7-11-22(13)15(23)17(9-5-4-6-10-17)14-18-20-21-19-14/h13H,4-12H2,1-3H3,(H,18,19,20,21)/t13-/m1/s1. The summed E-state index contributed by atoms with van der Waals surface area (Å²) in [4.78, 5) is 15.5. The number of likely N-dealkylation sites (tertiary alicyclic amines) is 1. The van der Waals surface area contributed by atoms with E-state index in [1.165, 1.54) is 6.42 Å². The highest BCUT2D eigenvalue weighted by Gasteiger charge is 2.49. The van der Waals surface area contributed by atoms with Crippen LogP contribution >= 0.6 is 0 Å². The average Bonchev–Trinajstić information content (AvgIpc) is 3.23. The van der Waals surface area contributed by atoms with Gasteiger partial charge in [-0.25, -0.2) is 0 Å². The van der Waals surface area contributed by atoms with Crippen LogP contribution in [0.4, 0.5) is 0 Å². The molecule has 7 nitrogen and oxygen atoms in total. The topological polar surface area (TPSA) is 84.0 Å². The molecule has 1 saturated carbocycles. The van der Waals surface area contributed by atoms with E-state index in [0.29, 0.717) is 12.4 Å². The van der Waals surface area contributed by atoms with E-state index < -0.39 is 5.41 Å². The van der Waals surface area contributed by atoms with Crippen LogP contribution in [0.3, 0.4) is 0 Å². The van der Waals surface area contributed by atoms with Gasteiger partial charge in [0.1, 0.15) is 5.41 Å². The Balaban J connectivity index is 1.79. The smallest absolute Gasteiger partial charge is 0.236 e. The van der Waals surface area contributed by atoms with Gasteiger partial charge < -0.3 is 9.64 Å². The summed E-state index contributed by atoms with van der Waals surface area (Å²) in [5.41, 5.74) is -0.789. The van der Waals surface area contributed by atoms with E-state index in [0.717, 1.165) is 45.1 Å². The van der Waals surface area contributed by atoms with E-state index in [1.807, 2.05) is 4.90 Å². The SMILES string of the molecule is CC(C)(C)OC[C@H]1CCCN1C(=O)C1(c2nn[nH]n2)CCCCC1. The minimum atomic E-state index is -0.602. The molecule has 0 radical (unpaired) electrons. The van der Waals surface area contributed by atoms with Crippen molar-refractivity contribution in [2.24, 2.45) is 0 Å². The number of tetrazole rings is 1. The lowest BCUT2D eigenvalue weighted by Crippen LogP contribution is -2.51. The van der Waals surface area contributed by atoms with Crippen molar-refractivity contribution in [3.05, 3.63) is 5.82 Å². The van der Waals surface area contributed by atoms with E-state index in [2.05, 4.69) is 41.4 Å². The van der Waals surface area contributed by atoms with Crippen LogP contribution in [0.2, 0.25) is 0 Å². The molecule has 2 aliphatic rings. The molecule has 0 spiro atoms. The normalized spacial score (nSPS) is 24.3. The molecule has 7 heteroatoms. The second-order valence-electron chi connectivity index (χ2n) is 8.10. The van der Waals surface area contributed by atoms with Gasteiger partial charge in [-0.05, 0) is 46.5 Å². The lowest BCUT2D eigenvalue weighted by Gasteiger charge is -2.38. The predicted octanol–water partition coefficient (Wildman–Crippen LogP) is 2.21. The summed E-state index contributed by atoms with van der Waals surface area (Å²) in [6, 6.07) is 0.155. The molecule has 0 aromatic carbocycles. The molecule has 1 atom stereocenters. The Morgan fingerprint density at radius 2 is 2.04 bits per heavy atom. The molecular weight excluding hydrogens is 306 g/mol. The highest BCUT2D eigenvalue weighted by atomic mass is 16.5. The number of hydrogen-bond donors (Lipinski definition) is 1. The molecule has 0 bridgehead atoms. The number of carbonyl (C=O) groups is 1. The van der Waals surface area contributed by atoms with Gasteiger partial charge in [0.25, 0.3) is 0 Å². The first-order chi connectivity index (χ1) is 11.4. The van der Waals surface area contributed by atoms with Crippen molar-refractivity contribution in [3.63, 3.8) is 0 Å². The Morgan fingerprint density at radius 1 is 1.29 bits per heavy atom. The van der Waals surface area contributed by atoms with E-state index in [1.54, 1.807) is 0 Å². The molecule has 1 aromatic rings. The maximum Gasteiger partial charge on any atom is 0.236 e. The fraction of sp³-hybridized carbons (Fsp3) is 0.882. The first kappa shape index (κ1) is 17.3. The number of amides is 1. The number of aromatic nitrogens is 4. The van der Waals surface area contributed by atoms with Crippen molar-refractivity contribution in [2.45, 2.75) is 82.8 Å². The van der Waals surface area contributed by atoms with Crippen LogP contribution in [0, 0.1) is 0 Å². The quantitative estimate of drug-likeness (QED) is 0.912. The third kappa shape index (κ3) is 3.45. The van der Waals surface area contributed by atoms with Gasteiger partial charge in [-0.3, -0.25) is 4.79 Å². The highest BCUT2D eigenvalue weighted by molar-refractivity contribution is 5.88. The van der Waals surface area contributed by atoms with Crippen LogP contribution in [0.5, 0.6) is 0 Å². The van der Waals surface area contributed by atoms with Crippen LogP contribution in [0.1, 0.15) is 71.5 Å². The van der Waals surface area contributed by atoms with Crippen molar-refractivity contribution >= 4 is 5.91 Å². The van der Waals surface area contributed by atoms with E-state index in [-0.39, 0.29) is 17.6 Å². The van der Waals surface area contributed by atoms with Crippen molar-refractivity contribution in [2.75, 3.05) is 13.2 Å². The molecule has 134 valence electrons. The maximum atomic E-state index is 13.5. The van der Waals surface area contributed by atoms with Crippen LogP contribution in [0.15, 0.2) is 0 Å². The van der Waals surface area contributed by atoms with E-state index >= 15 is 0 Å². The molecule has 1 aliphatic carbocycles. The number of rotatable bonds is 4. The van der Waals surface area contributed by atoms with Gasteiger partial charge in [0.05, 0.1) is 18.2 Å². The summed E-state index contributed by atoms with van der Waals surface area (Å²) < 4.78 is 5.96. The first-order valence-electron chi connectivity index (χ1n) is 9.11. The van der Waals surface area contributed by atoms with Gasteiger partial charge in [-0.15, -0.1) is 10.2 Å². The zero-order valence-corrected chi connectivity index (χ0v) is 15.0. The molecule has 1 amide bonds. The summed E-state index contributed by atoms with van der Waals surface area (Å²) in [5.74, 6) is 0.734. The van der Waals surface area contributed by atoms with Gasteiger partial charge in [0.2, 0.25) is 5.91 Å². The number of aromatic amines is 1. The van der Waals surface area contributed by atoms with Crippen molar-refractivity contribution in [1.82, 2.24) is 25.5 Å². The zero-order valence-electron chi connectivity index (χ0n) is 15.0. The lowest BCUT2D eigenvalue weighted by atomic mass is 9.72. The molecule has 2 fully saturated rings. The molecule has 1 saturated heterocycles. The van der Waals surface area contributed by atoms with Gasteiger partial charge in [0.15, 0.2) is 5.82 Å². The minimum Gasteiger partial charge on any atom is -0.374 e. The summed E-state index contributed by atoms with van der Waals surface area (Å²) >= 11 is 0. The molecule has 1 aromatic heterocycles. The van der Waals surface area contributed by atoms with Crippen LogP contribution < -0.4 is 0 Å². The second-order valence-corrected chi connectivity index (χ2v) is 8.10. The number of ether oxygens (including phenoxy) is 1. The summed E-state index contributed by atoms with van der Waals surface area (Å²) in [5, 5.41) is 14.6. The number of nitrogens with zero attached hydrogens (tertiary/aromatic N) is 4. The molecule has 1 N–H and O–H groups in total. The van der Waals surface area contributed by atoms with Crippen molar-refractivity contribution in [1.29, 1.82) is 0 Å². The average molecular weight is 335 g/mol. The van der Waals surface area contributed by atoms with Gasteiger partial charge in [-0.2, -0.15) is 5.21 Å². The Labute approximate surface area is 143 Å². The zero-order chi connectivity index (χ0) is 17.2. The number of hydrogen-bond acceptors (Lipinski definition) is 5. The largest absolute Gasteiger partial charge is 0.374 e. The Bertz CT molecular complexity index is 546. The van der Waals surface area contributed by atoms with Crippen molar-refractivity contribution < 1.29 is 9.53 Å². The molecular formula is C17H29N5O2. The van der Waals surface area contributed by atoms with Gasteiger partial charge >= 0.3 is 0 Å². The number of H-pyrrole nitrogens is 1. The molecule has 24 heavy (non-hydrogen) atoms. The van der Waals surface area contributed by atoms with Crippen molar-refractivity contribution in [3.8, 4) is 0 Å². The van der Waals surface area contributed by atoms with Gasteiger partial charge in [-0.1, -0.05) is 24.5 Å². The highest BCUT2D eigenvalue weighted by Crippen LogP contribution is 2.40. The molecule has 0 unspecified atom stereocenters. The summed E-state index contributed by atoms with van der Waals surface area (Å²) in [7, 11) is 0. The fourth-order valence-corrected chi connectivity index (χ4v) is 3.95. The summed E-state index contributed by atoms with van der Waals surface area (Å²) in [6.07, 6.45) is 6.91. The Hall–Kier alpha value is -1.50. The summed E-state index contributed by atoms with van der Waals surface area (Å²) in [6.45, 7) is 7.55. The van der Waals surface area contributed by atoms with Crippen LogP contribution in [-0.4, -0.2) is 56.2 Å². The molecule has 2 heterocycles. The Kier molecular flexibility index (Phi) is 4.90. The van der Waals surface area contributed by atoms with E-state index in [9.17, 15) is 4.79 Å². The fourth-order valence-electron chi connectivity index (χ4n) is 3.95. The third-order valence-corrected chi connectivity index (χ3v) is 5.24. The monoisotopic (exact) mass is 335 g/mol. The Morgan fingerprint density at radius 3 is 2.67 bits per heavy atom. The maximum absolute atomic E-state index is 13.5. The second kappa shape index (κ2) is 6.78. The first-order valence-corrected chi connectivity index (χ1v) is 9.11. The van der Waals surface area contributed by atoms with Crippen LogP contribution in [-0.2, 0) is 14.9 Å². The molecule has 3 rings (SSSR count). The van der Waals surface area contributed by atoms with Crippen LogP contribution in [0.25, 0.3) is 0 Å². The third-order valence-electron chi connectivity index (χ3n) is 5.24. The minimum absolute atomic E-state index is 0.155. The van der Waals surface area contributed by atoms with E-state index in [4.69, 9.17) is 4.74 Å². The van der Waals surface area contributed by atoms with Gasteiger partial charge in [0, 0.05) is 6.54 Å². The number of carbonyl (C=O) groups excluding carboxylic acids is 1. The predicted molar refractivity (Wildman–Crippen MR) is 89.4 cm³/mol. The molecule has 1 aliphatic heterocycles. The number of nitrogens with one attached hydrogen (secondary N) is 1.